The summed E-state index contributed by atoms with van der Waals surface area (Å²) < 4.78 is 5.42. The molecule has 1 aliphatic carbocycles. The lowest BCUT2D eigenvalue weighted by Gasteiger charge is -2.43. The Morgan fingerprint density at radius 1 is 1.48 bits per heavy atom. The van der Waals surface area contributed by atoms with Crippen LogP contribution < -0.4 is 5.32 Å². The molecule has 1 saturated carbocycles. The van der Waals surface area contributed by atoms with Crippen LogP contribution in [0.25, 0.3) is 0 Å². The van der Waals surface area contributed by atoms with Crippen molar-refractivity contribution < 1.29 is 4.42 Å². The molecule has 0 bridgehead atoms. The highest BCUT2D eigenvalue weighted by Crippen LogP contribution is 2.39. The summed E-state index contributed by atoms with van der Waals surface area (Å²) in [6.07, 6.45) is 7.30. The molecule has 1 aromatic heterocycles. The Morgan fingerprint density at radius 3 is 2.90 bits per heavy atom. The molecule has 21 heavy (non-hydrogen) atoms. The van der Waals surface area contributed by atoms with Crippen molar-refractivity contribution in [3.63, 3.8) is 0 Å². The van der Waals surface area contributed by atoms with E-state index >= 15 is 0 Å². The van der Waals surface area contributed by atoms with E-state index in [1.54, 1.807) is 6.26 Å². The molecule has 1 aliphatic rings. The highest BCUT2D eigenvalue weighted by Gasteiger charge is 2.35. The summed E-state index contributed by atoms with van der Waals surface area (Å²) in [7, 11) is 2.25. The van der Waals surface area contributed by atoms with Gasteiger partial charge in [-0.3, -0.25) is 0 Å². The normalized spacial score (nSPS) is 26.4. The Labute approximate surface area is 130 Å². The second kappa shape index (κ2) is 7.46. The minimum Gasteiger partial charge on any atom is -0.469 e. The molecule has 3 heteroatoms. The predicted octanol–water partition coefficient (Wildman–Crippen LogP) is 3.83. The zero-order valence-corrected chi connectivity index (χ0v) is 14.2. The molecular weight excluding hydrogens is 260 g/mol. The zero-order valence-electron chi connectivity index (χ0n) is 14.2. The van der Waals surface area contributed by atoms with Crippen LogP contribution in [0.15, 0.2) is 16.7 Å². The van der Waals surface area contributed by atoms with Gasteiger partial charge in [-0.15, -0.1) is 0 Å². The Kier molecular flexibility index (Phi) is 5.88. The minimum absolute atomic E-state index is 0.445. The number of hydrogen-bond acceptors (Lipinski definition) is 3. The quantitative estimate of drug-likeness (QED) is 0.828. The minimum atomic E-state index is 0.445. The lowest BCUT2D eigenvalue weighted by molar-refractivity contribution is 0.0893. The maximum atomic E-state index is 5.42. The number of rotatable bonds is 7. The number of nitrogens with zero attached hydrogens (tertiary/aromatic N) is 1. The maximum Gasteiger partial charge on any atom is 0.105 e. The van der Waals surface area contributed by atoms with Gasteiger partial charge in [-0.2, -0.15) is 0 Å². The first-order chi connectivity index (χ1) is 10.0. The molecule has 1 N–H and O–H groups in total. The SMILES string of the molecule is CCNCC1(CN(C)Cc2ccoc2C)CCCC(C)C1. The number of furan rings is 1. The summed E-state index contributed by atoms with van der Waals surface area (Å²) in [4.78, 5) is 2.48. The molecule has 0 spiro atoms. The Balaban J connectivity index is 1.98. The summed E-state index contributed by atoms with van der Waals surface area (Å²) in [6.45, 7) is 11.1. The van der Waals surface area contributed by atoms with Gasteiger partial charge in [0.2, 0.25) is 0 Å². The topological polar surface area (TPSA) is 28.4 Å². The van der Waals surface area contributed by atoms with E-state index in [0.717, 1.165) is 31.3 Å². The van der Waals surface area contributed by atoms with Crippen molar-refractivity contribution in [3.05, 3.63) is 23.7 Å². The van der Waals surface area contributed by atoms with E-state index in [0.29, 0.717) is 5.41 Å². The molecule has 1 heterocycles. The second-order valence-corrected chi connectivity index (χ2v) is 7.16. The van der Waals surface area contributed by atoms with Gasteiger partial charge in [0.25, 0.3) is 0 Å². The average molecular weight is 292 g/mol. The highest BCUT2D eigenvalue weighted by molar-refractivity contribution is 5.15. The molecule has 0 amide bonds. The number of nitrogens with one attached hydrogen (secondary N) is 1. The standard InChI is InChI=1S/C18H32N2O/c1-5-19-13-18(9-6-7-15(2)11-18)14-20(4)12-17-8-10-21-16(17)3/h8,10,15,19H,5-7,9,11-14H2,1-4H3. The molecule has 0 saturated heterocycles. The van der Waals surface area contributed by atoms with Crippen LogP contribution in [-0.2, 0) is 6.54 Å². The number of aryl methyl sites for hydroxylation is 1. The van der Waals surface area contributed by atoms with E-state index in [4.69, 9.17) is 4.42 Å². The fourth-order valence-electron chi connectivity index (χ4n) is 4.01. The third-order valence-corrected chi connectivity index (χ3v) is 4.95. The summed E-state index contributed by atoms with van der Waals surface area (Å²) in [6, 6.07) is 2.10. The molecule has 2 atom stereocenters. The van der Waals surface area contributed by atoms with Crippen LogP contribution >= 0.6 is 0 Å². The van der Waals surface area contributed by atoms with Gasteiger partial charge in [0.15, 0.2) is 0 Å². The first-order valence-electron chi connectivity index (χ1n) is 8.47. The van der Waals surface area contributed by atoms with Crippen molar-refractivity contribution in [3.8, 4) is 0 Å². The van der Waals surface area contributed by atoms with Gasteiger partial charge >= 0.3 is 0 Å². The van der Waals surface area contributed by atoms with Gasteiger partial charge in [-0.1, -0.05) is 26.7 Å². The smallest absolute Gasteiger partial charge is 0.105 e. The lowest BCUT2D eigenvalue weighted by atomic mass is 9.69. The van der Waals surface area contributed by atoms with Gasteiger partial charge in [0.1, 0.15) is 5.76 Å². The third-order valence-electron chi connectivity index (χ3n) is 4.95. The van der Waals surface area contributed by atoms with Gasteiger partial charge in [-0.05, 0) is 50.8 Å². The summed E-state index contributed by atoms with van der Waals surface area (Å²) in [5.41, 5.74) is 1.76. The van der Waals surface area contributed by atoms with Crippen molar-refractivity contribution in [1.82, 2.24) is 10.2 Å². The molecule has 2 unspecified atom stereocenters. The van der Waals surface area contributed by atoms with Crippen LogP contribution in [0.1, 0.15) is 50.9 Å². The molecule has 3 nitrogen and oxygen atoms in total. The lowest BCUT2D eigenvalue weighted by Crippen LogP contribution is -2.45. The van der Waals surface area contributed by atoms with Gasteiger partial charge in [0, 0.05) is 25.2 Å². The van der Waals surface area contributed by atoms with Crippen molar-refractivity contribution >= 4 is 0 Å². The van der Waals surface area contributed by atoms with Crippen LogP contribution in [-0.4, -0.2) is 31.6 Å². The summed E-state index contributed by atoms with van der Waals surface area (Å²) >= 11 is 0. The van der Waals surface area contributed by atoms with E-state index in [1.165, 1.54) is 37.8 Å². The predicted molar refractivity (Wildman–Crippen MR) is 88.4 cm³/mol. The van der Waals surface area contributed by atoms with E-state index < -0.39 is 0 Å². The molecule has 0 aromatic carbocycles. The highest BCUT2D eigenvalue weighted by atomic mass is 16.3. The maximum absolute atomic E-state index is 5.42. The van der Waals surface area contributed by atoms with Crippen LogP contribution in [0, 0.1) is 18.3 Å². The average Bonchev–Trinajstić information content (AvgIpc) is 2.82. The Hall–Kier alpha value is -0.800. The molecule has 0 radical (unpaired) electrons. The summed E-state index contributed by atoms with van der Waals surface area (Å²) in [5.74, 6) is 1.92. The Bertz CT molecular complexity index is 429. The van der Waals surface area contributed by atoms with Crippen LogP contribution in [0.3, 0.4) is 0 Å². The molecular formula is C18H32N2O. The van der Waals surface area contributed by atoms with Crippen molar-refractivity contribution in [2.75, 3.05) is 26.7 Å². The molecule has 120 valence electrons. The van der Waals surface area contributed by atoms with Crippen LogP contribution in [0.2, 0.25) is 0 Å². The Morgan fingerprint density at radius 2 is 2.29 bits per heavy atom. The second-order valence-electron chi connectivity index (χ2n) is 7.16. The van der Waals surface area contributed by atoms with E-state index in [-0.39, 0.29) is 0 Å². The molecule has 1 aromatic rings. The van der Waals surface area contributed by atoms with Gasteiger partial charge < -0.3 is 14.6 Å². The first-order valence-corrected chi connectivity index (χ1v) is 8.47. The van der Waals surface area contributed by atoms with E-state index in [9.17, 15) is 0 Å². The van der Waals surface area contributed by atoms with Crippen LogP contribution in [0.4, 0.5) is 0 Å². The first kappa shape index (κ1) is 16.6. The molecule has 0 aliphatic heterocycles. The molecule has 2 rings (SSSR count). The fourth-order valence-corrected chi connectivity index (χ4v) is 4.01. The van der Waals surface area contributed by atoms with Crippen LogP contribution in [0.5, 0.6) is 0 Å². The largest absolute Gasteiger partial charge is 0.469 e. The molecule has 1 fully saturated rings. The van der Waals surface area contributed by atoms with E-state index in [2.05, 4.69) is 44.1 Å². The number of hydrogen-bond donors (Lipinski definition) is 1. The monoisotopic (exact) mass is 292 g/mol. The summed E-state index contributed by atoms with van der Waals surface area (Å²) in [5, 5.41) is 3.61. The van der Waals surface area contributed by atoms with Gasteiger partial charge in [0.05, 0.1) is 6.26 Å². The fraction of sp³-hybridized carbons (Fsp3) is 0.778. The van der Waals surface area contributed by atoms with Gasteiger partial charge in [-0.25, -0.2) is 0 Å². The van der Waals surface area contributed by atoms with Crippen molar-refractivity contribution in [1.29, 1.82) is 0 Å². The zero-order chi connectivity index (χ0) is 15.3. The van der Waals surface area contributed by atoms with Crippen molar-refractivity contribution in [2.24, 2.45) is 11.3 Å². The third kappa shape index (κ3) is 4.58. The van der Waals surface area contributed by atoms with Crippen molar-refractivity contribution in [2.45, 2.75) is 53.0 Å². The van der Waals surface area contributed by atoms with E-state index in [1.807, 2.05) is 0 Å².